The number of carbonyl (C=O) groups excluding carboxylic acids is 3. The summed E-state index contributed by atoms with van der Waals surface area (Å²) in [6.45, 7) is 0. The topological polar surface area (TPSA) is 80.1 Å². The molecule has 3 aliphatic heterocycles. The SMILES string of the molecule is COc1cccc2cc(C(=O)N3C4CCC3CC(N3C(=O)CCC3=O)C4)oc12. The lowest BCUT2D eigenvalue weighted by Crippen LogP contribution is -2.53. The number of nitrogens with zero attached hydrogens (tertiary/aromatic N) is 2. The zero-order valence-corrected chi connectivity index (χ0v) is 15.7. The van der Waals surface area contributed by atoms with Crippen LogP contribution in [0.15, 0.2) is 28.7 Å². The summed E-state index contributed by atoms with van der Waals surface area (Å²) in [7, 11) is 1.57. The maximum absolute atomic E-state index is 13.2. The van der Waals surface area contributed by atoms with Crippen LogP contribution in [0.4, 0.5) is 0 Å². The van der Waals surface area contributed by atoms with Crippen molar-refractivity contribution in [2.24, 2.45) is 0 Å². The highest BCUT2D eigenvalue weighted by Crippen LogP contribution is 2.40. The van der Waals surface area contributed by atoms with Crippen LogP contribution in [0.2, 0.25) is 0 Å². The molecule has 2 bridgehead atoms. The molecule has 2 aromatic rings. The van der Waals surface area contributed by atoms with Crippen molar-refractivity contribution in [1.29, 1.82) is 0 Å². The number of methoxy groups -OCH3 is 1. The van der Waals surface area contributed by atoms with Crippen LogP contribution in [0, 0.1) is 0 Å². The predicted molar refractivity (Wildman–Crippen MR) is 99.9 cm³/mol. The molecule has 2 unspecified atom stereocenters. The summed E-state index contributed by atoms with van der Waals surface area (Å²) in [5.74, 6) is 0.646. The summed E-state index contributed by atoms with van der Waals surface area (Å²) in [6.07, 6.45) is 3.73. The molecule has 2 atom stereocenters. The third kappa shape index (κ3) is 2.52. The van der Waals surface area contributed by atoms with Gasteiger partial charge in [-0.2, -0.15) is 0 Å². The number of likely N-dealkylation sites (tertiary alicyclic amines) is 1. The first kappa shape index (κ1) is 17.3. The van der Waals surface area contributed by atoms with Gasteiger partial charge in [-0.25, -0.2) is 0 Å². The van der Waals surface area contributed by atoms with E-state index < -0.39 is 0 Å². The Balaban J connectivity index is 1.40. The third-order valence-electron chi connectivity index (χ3n) is 6.34. The van der Waals surface area contributed by atoms with E-state index in [1.807, 2.05) is 17.0 Å². The molecule has 146 valence electrons. The first-order valence-corrected chi connectivity index (χ1v) is 9.81. The van der Waals surface area contributed by atoms with E-state index in [1.54, 1.807) is 19.2 Å². The highest BCUT2D eigenvalue weighted by atomic mass is 16.5. The zero-order valence-electron chi connectivity index (χ0n) is 15.7. The van der Waals surface area contributed by atoms with Crippen molar-refractivity contribution in [1.82, 2.24) is 9.80 Å². The summed E-state index contributed by atoms with van der Waals surface area (Å²) in [5, 5.41) is 0.832. The minimum absolute atomic E-state index is 0.0348. The molecule has 1 aromatic carbocycles. The Hall–Kier alpha value is -2.83. The molecular weight excluding hydrogens is 360 g/mol. The average molecular weight is 382 g/mol. The summed E-state index contributed by atoms with van der Waals surface area (Å²) in [4.78, 5) is 40.8. The number of hydrogen-bond donors (Lipinski definition) is 0. The number of furan rings is 1. The Morgan fingerprint density at radius 2 is 1.75 bits per heavy atom. The van der Waals surface area contributed by atoms with Crippen LogP contribution < -0.4 is 4.74 Å². The van der Waals surface area contributed by atoms with E-state index in [0.29, 0.717) is 42.8 Å². The summed E-state index contributed by atoms with van der Waals surface area (Å²) < 4.78 is 11.2. The molecule has 28 heavy (non-hydrogen) atoms. The van der Waals surface area contributed by atoms with Crippen LogP contribution in [0.1, 0.15) is 49.1 Å². The summed E-state index contributed by atoms with van der Waals surface area (Å²) in [5.41, 5.74) is 0.573. The minimum Gasteiger partial charge on any atom is -0.493 e. The van der Waals surface area contributed by atoms with Crippen molar-refractivity contribution >= 4 is 28.7 Å². The van der Waals surface area contributed by atoms with Crippen LogP contribution in [0.5, 0.6) is 5.75 Å². The number of benzene rings is 1. The normalized spacial score (nSPS) is 27.1. The second-order valence-corrected chi connectivity index (χ2v) is 7.87. The molecule has 7 heteroatoms. The molecule has 3 saturated heterocycles. The van der Waals surface area contributed by atoms with Crippen molar-refractivity contribution in [2.75, 3.05) is 7.11 Å². The number of imide groups is 1. The van der Waals surface area contributed by atoms with E-state index in [2.05, 4.69) is 0 Å². The molecule has 4 heterocycles. The lowest BCUT2D eigenvalue weighted by Gasteiger charge is -2.41. The Morgan fingerprint density at radius 1 is 1.07 bits per heavy atom. The van der Waals surface area contributed by atoms with Crippen LogP contribution in [-0.2, 0) is 9.59 Å². The number of amides is 3. The van der Waals surface area contributed by atoms with Gasteiger partial charge in [-0.15, -0.1) is 0 Å². The molecular formula is C21H22N2O5. The van der Waals surface area contributed by atoms with E-state index in [9.17, 15) is 14.4 Å². The maximum Gasteiger partial charge on any atom is 0.290 e. The van der Waals surface area contributed by atoms with Crippen LogP contribution in [0.25, 0.3) is 11.0 Å². The summed E-state index contributed by atoms with van der Waals surface area (Å²) in [6, 6.07) is 7.31. The molecule has 3 aliphatic rings. The van der Waals surface area contributed by atoms with Crippen molar-refractivity contribution in [2.45, 2.75) is 56.7 Å². The van der Waals surface area contributed by atoms with Crippen LogP contribution in [0.3, 0.4) is 0 Å². The molecule has 5 rings (SSSR count). The first-order valence-electron chi connectivity index (χ1n) is 9.81. The fraction of sp³-hybridized carbons (Fsp3) is 0.476. The number of piperidine rings is 1. The second kappa shape index (κ2) is 6.36. The Bertz CT molecular complexity index is 950. The highest BCUT2D eigenvalue weighted by molar-refractivity contribution is 6.02. The van der Waals surface area contributed by atoms with Gasteiger partial charge in [0.05, 0.1) is 7.11 Å². The molecule has 0 N–H and O–H groups in total. The van der Waals surface area contributed by atoms with Gasteiger partial charge >= 0.3 is 0 Å². The Labute approximate surface area is 162 Å². The fourth-order valence-electron chi connectivity index (χ4n) is 5.12. The van der Waals surface area contributed by atoms with Gasteiger partial charge in [0.15, 0.2) is 17.1 Å². The largest absolute Gasteiger partial charge is 0.493 e. The van der Waals surface area contributed by atoms with Gasteiger partial charge in [-0.3, -0.25) is 19.3 Å². The average Bonchev–Trinajstić information content (AvgIpc) is 3.35. The highest BCUT2D eigenvalue weighted by Gasteiger charge is 2.48. The lowest BCUT2D eigenvalue weighted by atomic mass is 9.95. The third-order valence-corrected chi connectivity index (χ3v) is 6.34. The smallest absolute Gasteiger partial charge is 0.290 e. The van der Waals surface area contributed by atoms with E-state index in [-0.39, 0.29) is 35.8 Å². The van der Waals surface area contributed by atoms with Gasteiger partial charge in [0.2, 0.25) is 11.8 Å². The molecule has 0 aliphatic carbocycles. The van der Waals surface area contributed by atoms with Crippen molar-refractivity contribution < 1.29 is 23.5 Å². The van der Waals surface area contributed by atoms with E-state index >= 15 is 0 Å². The zero-order chi connectivity index (χ0) is 19.4. The molecule has 1 aromatic heterocycles. The molecule has 0 saturated carbocycles. The summed E-state index contributed by atoms with van der Waals surface area (Å²) >= 11 is 0. The monoisotopic (exact) mass is 382 g/mol. The quantitative estimate of drug-likeness (QED) is 0.763. The van der Waals surface area contributed by atoms with Crippen LogP contribution >= 0.6 is 0 Å². The predicted octanol–water partition coefficient (Wildman–Crippen LogP) is 2.73. The van der Waals surface area contributed by atoms with Crippen LogP contribution in [-0.4, -0.2) is 52.8 Å². The standard InChI is InChI=1S/C21H22N2O5/c1-27-16-4-2-3-12-9-17(28-20(12)16)21(26)22-13-5-6-14(22)11-15(10-13)23-18(24)7-8-19(23)25/h2-4,9,13-15H,5-8,10-11H2,1H3. The second-order valence-electron chi connectivity index (χ2n) is 7.87. The molecule has 7 nitrogen and oxygen atoms in total. The Kier molecular flexibility index (Phi) is 3.92. The van der Waals surface area contributed by atoms with Gasteiger partial charge in [-0.05, 0) is 37.8 Å². The van der Waals surface area contributed by atoms with E-state index in [1.165, 1.54) is 4.90 Å². The minimum atomic E-state index is -0.122. The van der Waals surface area contributed by atoms with E-state index in [4.69, 9.17) is 9.15 Å². The molecule has 0 radical (unpaired) electrons. The van der Waals surface area contributed by atoms with Gasteiger partial charge in [0.25, 0.3) is 5.91 Å². The number of fused-ring (bicyclic) bond motifs is 3. The number of ether oxygens (including phenoxy) is 1. The van der Waals surface area contributed by atoms with E-state index in [0.717, 1.165) is 18.2 Å². The van der Waals surface area contributed by atoms with Gasteiger partial charge in [-0.1, -0.05) is 12.1 Å². The van der Waals surface area contributed by atoms with Crippen molar-refractivity contribution in [3.8, 4) is 5.75 Å². The number of rotatable bonds is 3. The van der Waals surface area contributed by atoms with Crippen molar-refractivity contribution in [3.05, 3.63) is 30.0 Å². The number of hydrogen-bond acceptors (Lipinski definition) is 5. The Morgan fingerprint density at radius 3 is 2.39 bits per heavy atom. The van der Waals surface area contributed by atoms with Crippen molar-refractivity contribution in [3.63, 3.8) is 0 Å². The van der Waals surface area contributed by atoms with Gasteiger partial charge in [0, 0.05) is 36.4 Å². The van der Waals surface area contributed by atoms with Gasteiger partial charge in [0.1, 0.15) is 0 Å². The van der Waals surface area contributed by atoms with Gasteiger partial charge < -0.3 is 14.1 Å². The first-order chi connectivity index (χ1) is 13.6. The lowest BCUT2D eigenvalue weighted by molar-refractivity contribution is -0.142. The number of carbonyl (C=O) groups is 3. The number of para-hydroxylation sites is 1. The molecule has 3 fully saturated rings. The fourth-order valence-corrected chi connectivity index (χ4v) is 5.12. The molecule has 3 amide bonds. The molecule has 0 spiro atoms. The maximum atomic E-state index is 13.2.